The number of hydrogen-bond donors (Lipinski definition) is 1. The highest BCUT2D eigenvalue weighted by Gasteiger charge is 2.71. The Balaban J connectivity index is 1.01. The minimum absolute atomic E-state index is 0.119. The van der Waals surface area contributed by atoms with Crippen molar-refractivity contribution in [2.45, 2.75) is 115 Å². The maximum absolute atomic E-state index is 13.1. The summed E-state index contributed by atoms with van der Waals surface area (Å²) < 4.78 is 69.0. The topological polar surface area (TPSA) is 49.8 Å². The van der Waals surface area contributed by atoms with Gasteiger partial charge in [-0.15, -0.1) is 0 Å². The third-order valence-corrected chi connectivity index (χ3v) is 14.3. The molecule has 0 bridgehead atoms. The van der Waals surface area contributed by atoms with Crippen LogP contribution in [0.5, 0.6) is 5.75 Å². The molecule has 6 atom stereocenters. The molecule has 1 N–H and O–H groups in total. The Labute approximate surface area is 304 Å². The van der Waals surface area contributed by atoms with E-state index >= 15 is 0 Å². The zero-order valence-electron chi connectivity index (χ0n) is 30.0. The highest BCUT2D eigenvalue weighted by molar-refractivity contribution is 7.99. The fourth-order valence-electron chi connectivity index (χ4n) is 10.3. The Morgan fingerprint density at radius 3 is 2.41 bits per heavy atom. The first-order valence-electron chi connectivity index (χ1n) is 19.0. The fourth-order valence-corrected chi connectivity index (χ4v) is 11.2. The monoisotopic (exact) mass is 735 g/mol. The summed E-state index contributed by atoms with van der Waals surface area (Å²) >= 11 is 1.44. The summed E-state index contributed by atoms with van der Waals surface area (Å²) in [6.45, 7) is 4.32. The van der Waals surface area contributed by atoms with Gasteiger partial charge in [0, 0.05) is 11.8 Å². The Bertz CT molecular complexity index is 1480. The van der Waals surface area contributed by atoms with E-state index in [1.54, 1.807) is 12.1 Å². The Hall–Kier alpha value is -2.17. The molecule has 51 heavy (non-hydrogen) atoms. The van der Waals surface area contributed by atoms with Crippen LogP contribution in [-0.4, -0.2) is 65.8 Å². The molecule has 0 aromatic heterocycles. The number of aliphatic hydroxyl groups is 1. The van der Waals surface area contributed by atoms with Gasteiger partial charge < -0.3 is 14.7 Å². The number of fused-ring (bicyclic) bond motifs is 6. The summed E-state index contributed by atoms with van der Waals surface area (Å²) in [5.74, 6) is -1.26. The first-order chi connectivity index (χ1) is 24.3. The molecule has 4 aliphatic carbocycles. The van der Waals surface area contributed by atoms with Crippen LogP contribution in [-0.2, 0) is 6.42 Å². The highest BCUT2D eigenvalue weighted by Crippen LogP contribution is 2.76. The summed E-state index contributed by atoms with van der Waals surface area (Å²) in [6, 6.07) is 15.4. The second-order valence-corrected chi connectivity index (χ2v) is 17.4. The van der Waals surface area contributed by atoms with Gasteiger partial charge in [-0.05, 0) is 160 Å². The first-order valence-corrected chi connectivity index (χ1v) is 20.2. The van der Waals surface area contributed by atoms with Gasteiger partial charge in [-0.25, -0.2) is 4.79 Å². The van der Waals surface area contributed by atoms with Gasteiger partial charge in [0.25, 0.3) is 0 Å². The average Bonchev–Trinajstić information content (AvgIpc) is 3.88. The lowest BCUT2D eigenvalue weighted by molar-refractivity contribution is -0.284. The molecule has 4 nitrogen and oxygen atoms in total. The third-order valence-electron chi connectivity index (χ3n) is 13.2. The largest absolute Gasteiger partial charge is 0.453 e. The number of hydrogen-bond acceptors (Lipinski definition) is 5. The standard InChI is InChI=1S/C41H54F5NO3S/c1-38-18-16-33-32-15-14-31(50-37(49)28-11-5-3-6-12-28)26-30(32)25-29(36(33)34(38)27-35(48)39(38)19-20-39)13-7-4-8-21-47(2)22-10-24-51-23-9-17-40(42,43)41(44,45)46/h3,5-6,11-12,14-15,26,29,33-36,48H,4,7-10,13,16-25,27H2,1-2H3/t29?,33?,34?,35-,36?,38+/m1/s1. The minimum Gasteiger partial charge on any atom is -0.423 e. The van der Waals surface area contributed by atoms with Crippen LogP contribution in [0, 0.1) is 28.6 Å². The second kappa shape index (κ2) is 15.7. The van der Waals surface area contributed by atoms with E-state index < -0.39 is 18.5 Å². The van der Waals surface area contributed by atoms with Crippen molar-refractivity contribution in [1.82, 2.24) is 4.90 Å². The third kappa shape index (κ3) is 8.18. The van der Waals surface area contributed by atoms with Crippen molar-refractivity contribution >= 4 is 17.7 Å². The van der Waals surface area contributed by atoms with Crippen molar-refractivity contribution in [2.24, 2.45) is 28.6 Å². The van der Waals surface area contributed by atoms with E-state index in [0.717, 1.165) is 89.5 Å². The number of carbonyl (C=O) groups is 1. The van der Waals surface area contributed by atoms with Crippen LogP contribution in [0.2, 0.25) is 0 Å². The van der Waals surface area contributed by atoms with E-state index in [1.807, 2.05) is 24.3 Å². The maximum atomic E-state index is 13.1. The maximum Gasteiger partial charge on any atom is 0.453 e. The number of carbonyl (C=O) groups excluding carboxylic acids is 1. The molecule has 4 unspecified atom stereocenters. The number of benzene rings is 2. The van der Waals surface area contributed by atoms with Crippen molar-refractivity contribution in [2.75, 3.05) is 31.6 Å². The molecule has 6 rings (SSSR count). The zero-order chi connectivity index (χ0) is 36.4. The molecule has 1 spiro atoms. The predicted molar refractivity (Wildman–Crippen MR) is 193 cm³/mol. The molecule has 3 fully saturated rings. The fraction of sp³-hybridized carbons (Fsp3) is 0.683. The SMILES string of the molecule is CN(CCCCCC1Cc2cc(OC(=O)c3ccccc3)ccc2C2CC[C@@]3(C)C(C[C@@H](O)C34CC4)C12)CCCSCCCC(F)(F)C(F)(F)F. The van der Waals surface area contributed by atoms with Gasteiger partial charge in [0.1, 0.15) is 5.75 Å². The number of alkyl halides is 5. The summed E-state index contributed by atoms with van der Waals surface area (Å²) in [6.07, 6.45) is 4.88. The molecular formula is C41H54F5NO3S. The van der Waals surface area contributed by atoms with E-state index in [9.17, 15) is 31.9 Å². The molecule has 2 aromatic carbocycles. The summed E-state index contributed by atoms with van der Waals surface area (Å²) in [5.41, 5.74) is 3.56. The zero-order valence-corrected chi connectivity index (χ0v) is 30.9. The first kappa shape index (κ1) is 38.6. The van der Waals surface area contributed by atoms with Crippen LogP contribution < -0.4 is 4.74 Å². The molecule has 2 aromatic rings. The van der Waals surface area contributed by atoms with E-state index in [2.05, 4.69) is 31.0 Å². The Morgan fingerprint density at radius 1 is 0.961 bits per heavy atom. The number of aliphatic hydroxyl groups excluding tert-OH is 1. The summed E-state index contributed by atoms with van der Waals surface area (Å²) in [5, 5.41) is 11.4. The lowest BCUT2D eigenvalue weighted by Crippen LogP contribution is -2.46. The molecule has 0 radical (unpaired) electrons. The molecule has 10 heteroatoms. The van der Waals surface area contributed by atoms with E-state index in [-0.39, 0.29) is 29.3 Å². The molecule has 282 valence electrons. The van der Waals surface area contributed by atoms with Gasteiger partial charge in [-0.2, -0.15) is 33.7 Å². The van der Waals surface area contributed by atoms with E-state index in [0.29, 0.717) is 40.7 Å². The highest BCUT2D eigenvalue weighted by atomic mass is 32.2. The van der Waals surface area contributed by atoms with Crippen molar-refractivity contribution in [3.05, 3.63) is 65.2 Å². The lowest BCUT2D eigenvalue weighted by atomic mass is 9.50. The number of ether oxygens (including phenoxy) is 1. The lowest BCUT2D eigenvalue weighted by Gasteiger charge is -2.54. The van der Waals surface area contributed by atoms with Gasteiger partial charge in [0.15, 0.2) is 0 Å². The molecule has 0 amide bonds. The van der Waals surface area contributed by atoms with Crippen LogP contribution in [0.15, 0.2) is 48.5 Å². The predicted octanol–water partition coefficient (Wildman–Crippen LogP) is 10.3. The number of esters is 1. The molecular weight excluding hydrogens is 682 g/mol. The quantitative estimate of drug-likeness (QED) is 0.0805. The van der Waals surface area contributed by atoms with Crippen LogP contribution in [0.4, 0.5) is 22.0 Å². The number of nitrogens with zero attached hydrogens (tertiary/aromatic N) is 1. The number of halogens is 5. The number of rotatable bonds is 16. The van der Waals surface area contributed by atoms with Gasteiger partial charge in [-0.3, -0.25) is 0 Å². The van der Waals surface area contributed by atoms with Crippen LogP contribution in [0.25, 0.3) is 0 Å². The molecule has 0 heterocycles. The second-order valence-electron chi connectivity index (χ2n) is 16.2. The average molecular weight is 736 g/mol. The van der Waals surface area contributed by atoms with Crippen molar-refractivity contribution in [3.8, 4) is 5.75 Å². The van der Waals surface area contributed by atoms with E-state index in [4.69, 9.17) is 4.74 Å². The molecule has 4 aliphatic rings. The van der Waals surface area contributed by atoms with E-state index in [1.165, 1.54) is 22.9 Å². The van der Waals surface area contributed by atoms with Crippen LogP contribution in [0.1, 0.15) is 111 Å². The summed E-state index contributed by atoms with van der Waals surface area (Å²) in [7, 11) is 2.08. The van der Waals surface area contributed by atoms with Crippen molar-refractivity contribution < 1.29 is 36.6 Å². The number of unbranched alkanes of at least 4 members (excludes halogenated alkanes) is 2. The number of thioether (sulfide) groups is 1. The van der Waals surface area contributed by atoms with Gasteiger partial charge in [0.05, 0.1) is 11.7 Å². The Kier molecular flexibility index (Phi) is 11.8. The molecule has 0 aliphatic heterocycles. The summed E-state index contributed by atoms with van der Waals surface area (Å²) in [4.78, 5) is 15.1. The van der Waals surface area contributed by atoms with Crippen LogP contribution >= 0.6 is 11.8 Å². The van der Waals surface area contributed by atoms with Crippen molar-refractivity contribution in [1.29, 1.82) is 0 Å². The van der Waals surface area contributed by atoms with Gasteiger partial charge in [0.2, 0.25) is 0 Å². The van der Waals surface area contributed by atoms with Gasteiger partial charge in [-0.1, -0.05) is 44.0 Å². The molecule has 3 saturated carbocycles. The molecule has 0 saturated heterocycles. The normalized spacial score (nSPS) is 28.0. The minimum atomic E-state index is -5.47. The Morgan fingerprint density at radius 2 is 1.69 bits per heavy atom. The smallest absolute Gasteiger partial charge is 0.423 e. The van der Waals surface area contributed by atoms with Gasteiger partial charge >= 0.3 is 18.1 Å². The van der Waals surface area contributed by atoms with Crippen LogP contribution in [0.3, 0.4) is 0 Å². The van der Waals surface area contributed by atoms with Crippen molar-refractivity contribution in [3.63, 3.8) is 0 Å².